The third-order valence-electron chi connectivity index (χ3n) is 4.48. The highest BCUT2D eigenvalue weighted by Gasteiger charge is 2.14. The van der Waals surface area contributed by atoms with E-state index >= 15 is 0 Å². The van der Waals surface area contributed by atoms with Crippen molar-refractivity contribution < 1.29 is 0 Å². The summed E-state index contributed by atoms with van der Waals surface area (Å²) in [7, 11) is 0. The van der Waals surface area contributed by atoms with Gasteiger partial charge in [-0.25, -0.2) is 0 Å². The molecule has 0 aliphatic carbocycles. The summed E-state index contributed by atoms with van der Waals surface area (Å²) in [5.41, 5.74) is 7.28. The number of hydrogen-bond acceptors (Lipinski definition) is 4. The van der Waals surface area contributed by atoms with Crippen LogP contribution in [0, 0.1) is 0 Å². The van der Waals surface area contributed by atoms with E-state index in [0.717, 1.165) is 35.2 Å². The van der Waals surface area contributed by atoms with Gasteiger partial charge in [-0.3, -0.25) is 10.4 Å². The van der Waals surface area contributed by atoms with E-state index in [1.807, 2.05) is 36.5 Å². The Hall–Kier alpha value is -2.59. The number of rotatable bonds is 4. The van der Waals surface area contributed by atoms with Gasteiger partial charge >= 0.3 is 0 Å². The van der Waals surface area contributed by atoms with Gasteiger partial charge in [0.15, 0.2) is 0 Å². The molecule has 0 saturated carbocycles. The summed E-state index contributed by atoms with van der Waals surface area (Å²) in [6.07, 6.45) is 6.16. The SMILES string of the molecule is Clc1ccc2c(N/N=C/c3ccccc3N3CCCC3)ccnc2c1. The fourth-order valence-electron chi connectivity index (χ4n) is 3.23. The summed E-state index contributed by atoms with van der Waals surface area (Å²) < 4.78 is 0. The van der Waals surface area contributed by atoms with Crippen LogP contribution in [0.5, 0.6) is 0 Å². The number of aromatic nitrogens is 1. The lowest BCUT2D eigenvalue weighted by atomic mass is 10.2. The highest BCUT2D eigenvalue weighted by Crippen LogP contribution is 2.25. The van der Waals surface area contributed by atoms with Crippen molar-refractivity contribution in [2.24, 2.45) is 5.10 Å². The molecule has 0 radical (unpaired) electrons. The Bertz CT molecular complexity index is 916. The molecule has 5 heteroatoms. The minimum absolute atomic E-state index is 0.681. The van der Waals surface area contributed by atoms with Crippen molar-refractivity contribution in [3.63, 3.8) is 0 Å². The summed E-state index contributed by atoms with van der Waals surface area (Å²) in [4.78, 5) is 6.77. The van der Waals surface area contributed by atoms with Gasteiger partial charge < -0.3 is 4.90 Å². The molecule has 1 saturated heterocycles. The third kappa shape index (κ3) is 3.44. The largest absolute Gasteiger partial charge is 0.371 e. The van der Waals surface area contributed by atoms with Crippen LogP contribution in [-0.4, -0.2) is 24.3 Å². The lowest BCUT2D eigenvalue weighted by Gasteiger charge is -2.19. The zero-order valence-corrected chi connectivity index (χ0v) is 14.6. The molecular formula is C20H19ClN4. The van der Waals surface area contributed by atoms with Crippen LogP contribution in [-0.2, 0) is 0 Å². The summed E-state index contributed by atoms with van der Waals surface area (Å²) in [6.45, 7) is 2.24. The maximum Gasteiger partial charge on any atom is 0.0738 e. The van der Waals surface area contributed by atoms with Gasteiger partial charge in [0.05, 0.1) is 17.4 Å². The van der Waals surface area contributed by atoms with Crippen molar-refractivity contribution in [1.29, 1.82) is 0 Å². The second kappa shape index (κ2) is 7.11. The molecule has 1 aliphatic rings. The molecule has 0 unspecified atom stereocenters. The monoisotopic (exact) mass is 350 g/mol. The molecule has 4 nitrogen and oxygen atoms in total. The van der Waals surface area contributed by atoms with Crippen molar-refractivity contribution in [3.05, 3.63) is 65.3 Å². The van der Waals surface area contributed by atoms with Gasteiger partial charge in [-0.15, -0.1) is 0 Å². The molecule has 2 heterocycles. The Morgan fingerprint density at radius 2 is 1.92 bits per heavy atom. The van der Waals surface area contributed by atoms with Gasteiger partial charge in [0.25, 0.3) is 0 Å². The number of para-hydroxylation sites is 1. The topological polar surface area (TPSA) is 40.5 Å². The number of fused-ring (bicyclic) bond motifs is 1. The van der Waals surface area contributed by atoms with Crippen LogP contribution in [0.25, 0.3) is 10.9 Å². The summed E-state index contributed by atoms with van der Waals surface area (Å²) in [6, 6.07) is 16.0. The third-order valence-corrected chi connectivity index (χ3v) is 4.71. The minimum atomic E-state index is 0.681. The molecular weight excluding hydrogens is 332 g/mol. The fraction of sp³-hybridized carbons (Fsp3) is 0.200. The molecule has 0 atom stereocenters. The summed E-state index contributed by atoms with van der Waals surface area (Å²) >= 11 is 6.04. The second-order valence-electron chi connectivity index (χ2n) is 6.14. The van der Waals surface area contributed by atoms with Gasteiger partial charge in [0.1, 0.15) is 0 Å². The average Bonchev–Trinajstić information content (AvgIpc) is 3.16. The van der Waals surface area contributed by atoms with Crippen LogP contribution in [0.2, 0.25) is 5.02 Å². The maximum atomic E-state index is 6.04. The predicted octanol–water partition coefficient (Wildman–Crippen LogP) is 4.93. The first-order valence-electron chi connectivity index (χ1n) is 8.48. The first-order chi connectivity index (χ1) is 12.3. The van der Waals surface area contributed by atoms with E-state index in [0.29, 0.717) is 5.02 Å². The van der Waals surface area contributed by atoms with E-state index < -0.39 is 0 Å². The quantitative estimate of drug-likeness (QED) is 0.535. The molecule has 1 fully saturated rings. The van der Waals surface area contributed by atoms with Crippen molar-refractivity contribution in [3.8, 4) is 0 Å². The number of halogens is 1. The number of benzene rings is 2. The van der Waals surface area contributed by atoms with Crippen LogP contribution in [0.3, 0.4) is 0 Å². The number of anilines is 2. The molecule has 1 aliphatic heterocycles. The minimum Gasteiger partial charge on any atom is -0.371 e. The van der Waals surface area contributed by atoms with Crippen LogP contribution in [0.4, 0.5) is 11.4 Å². The van der Waals surface area contributed by atoms with Gasteiger partial charge in [-0.2, -0.15) is 5.10 Å². The Kier molecular flexibility index (Phi) is 4.53. The predicted molar refractivity (Wildman–Crippen MR) is 106 cm³/mol. The number of hydrazone groups is 1. The molecule has 2 aromatic carbocycles. The Morgan fingerprint density at radius 3 is 2.80 bits per heavy atom. The van der Waals surface area contributed by atoms with E-state index in [2.05, 4.69) is 38.6 Å². The standard InChI is InChI=1S/C20H19ClN4/c21-16-7-8-17-18(9-10-22-19(17)13-16)24-23-14-15-5-1-2-6-20(15)25-11-3-4-12-25/h1-2,5-10,13-14H,3-4,11-12H2,(H,22,24)/b23-14+. The first-order valence-corrected chi connectivity index (χ1v) is 8.86. The molecule has 1 N–H and O–H groups in total. The molecule has 3 aromatic rings. The number of nitrogens with zero attached hydrogens (tertiary/aromatic N) is 3. The Morgan fingerprint density at radius 1 is 1.08 bits per heavy atom. The second-order valence-corrected chi connectivity index (χ2v) is 6.58. The normalized spacial score (nSPS) is 14.5. The zero-order valence-electron chi connectivity index (χ0n) is 13.8. The van der Waals surface area contributed by atoms with E-state index in [1.165, 1.54) is 18.5 Å². The lowest BCUT2D eigenvalue weighted by molar-refractivity contribution is 0.949. The summed E-state index contributed by atoms with van der Waals surface area (Å²) in [5, 5.41) is 6.13. The van der Waals surface area contributed by atoms with Gasteiger partial charge in [-0.1, -0.05) is 29.8 Å². The van der Waals surface area contributed by atoms with Crippen molar-refractivity contribution in [2.45, 2.75) is 12.8 Å². The highest BCUT2D eigenvalue weighted by molar-refractivity contribution is 6.31. The van der Waals surface area contributed by atoms with Crippen molar-refractivity contribution >= 4 is 40.1 Å². The summed E-state index contributed by atoms with van der Waals surface area (Å²) in [5.74, 6) is 0. The van der Waals surface area contributed by atoms with Crippen LogP contribution in [0.15, 0.2) is 59.8 Å². The molecule has 25 heavy (non-hydrogen) atoms. The highest BCUT2D eigenvalue weighted by atomic mass is 35.5. The van der Waals surface area contributed by atoms with Crippen molar-refractivity contribution in [2.75, 3.05) is 23.4 Å². The van der Waals surface area contributed by atoms with Gasteiger partial charge in [-0.05, 0) is 43.2 Å². The maximum absolute atomic E-state index is 6.04. The number of pyridine rings is 1. The Balaban J connectivity index is 1.58. The average molecular weight is 351 g/mol. The van der Waals surface area contributed by atoms with E-state index in [4.69, 9.17) is 11.6 Å². The Labute approximate surface area is 152 Å². The van der Waals surface area contributed by atoms with Crippen molar-refractivity contribution in [1.82, 2.24) is 4.98 Å². The number of nitrogens with one attached hydrogen (secondary N) is 1. The van der Waals surface area contributed by atoms with Crippen LogP contribution >= 0.6 is 11.6 Å². The molecule has 0 spiro atoms. The molecule has 126 valence electrons. The van der Waals surface area contributed by atoms with E-state index in [9.17, 15) is 0 Å². The molecule has 4 rings (SSSR count). The van der Waals surface area contributed by atoms with Crippen LogP contribution < -0.4 is 10.3 Å². The zero-order chi connectivity index (χ0) is 17.1. The molecule has 1 aromatic heterocycles. The van der Waals surface area contributed by atoms with Crippen LogP contribution in [0.1, 0.15) is 18.4 Å². The molecule has 0 amide bonds. The smallest absolute Gasteiger partial charge is 0.0738 e. The lowest BCUT2D eigenvalue weighted by Crippen LogP contribution is -2.19. The first kappa shape index (κ1) is 15.9. The molecule has 0 bridgehead atoms. The van der Waals surface area contributed by atoms with E-state index in [-0.39, 0.29) is 0 Å². The number of hydrogen-bond donors (Lipinski definition) is 1. The van der Waals surface area contributed by atoms with E-state index in [1.54, 1.807) is 6.20 Å². The fourth-order valence-corrected chi connectivity index (χ4v) is 3.40. The van der Waals surface area contributed by atoms with Gasteiger partial charge in [0, 0.05) is 40.9 Å². The van der Waals surface area contributed by atoms with Gasteiger partial charge in [0.2, 0.25) is 0 Å².